The lowest BCUT2D eigenvalue weighted by Crippen LogP contribution is -2.29. The van der Waals surface area contributed by atoms with Gasteiger partial charge in [-0.15, -0.1) is 0 Å². The number of hydrogen-bond donors (Lipinski definition) is 1. The van der Waals surface area contributed by atoms with Gasteiger partial charge in [-0.25, -0.2) is 9.18 Å². The van der Waals surface area contributed by atoms with Gasteiger partial charge in [-0.3, -0.25) is 4.79 Å². The molecule has 0 fully saturated rings. The minimum atomic E-state index is -0.668. The van der Waals surface area contributed by atoms with Crippen LogP contribution in [0.3, 0.4) is 0 Å². The highest BCUT2D eigenvalue weighted by atomic mass is 19.1. The largest absolute Gasteiger partial charge is 0.482 e. The van der Waals surface area contributed by atoms with Gasteiger partial charge in [0.1, 0.15) is 11.6 Å². The van der Waals surface area contributed by atoms with E-state index in [-0.39, 0.29) is 13.2 Å². The highest BCUT2D eigenvalue weighted by Gasteiger charge is 2.09. The number of esters is 1. The van der Waals surface area contributed by atoms with Crippen molar-refractivity contribution in [3.63, 3.8) is 0 Å². The fourth-order valence-corrected chi connectivity index (χ4v) is 2.59. The van der Waals surface area contributed by atoms with Crippen LogP contribution in [0, 0.1) is 5.82 Å². The van der Waals surface area contributed by atoms with Gasteiger partial charge in [0.05, 0.1) is 0 Å². The summed E-state index contributed by atoms with van der Waals surface area (Å²) in [6.07, 6.45) is 0. The summed E-state index contributed by atoms with van der Waals surface area (Å²) < 4.78 is 23.7. The number of nitrogens with one attached hydrogen (secondary N) is 1. The number of carbonyl (C=O) groups is 2. The van der Waals surface area contributed by atoms with Gasteiger partial charge in [-0.05, 0) is 29.3 Å². The molecule has 148 valence electrons. The van der Waals surface area contributed by atoms with E-state index in [9.17, 15) is 14.0 Å². The quantitative estimate of drug-likeness (QED) is 0.593. The van der Waals surface area contributed by atoms with E-state index in [1.807, 2.05) is 42.5 Å². The van der Waals surface area contributed by atoms with Crippen molar-refractivity contribution in [2.45, 2.75) is 6.54 Å². The van der Waals surface area contributed by atoms with Gasteiger partial charge >= 0.3 is 5.97 Å². The van der Waals surface area contributed by atoms with Crippen molar-refractivity contribution >= 4 is 11.9 Å². The Morgan fingerprint density at radius 3 is 2.17 bits per heavy atom. The first kappa shape index (κ1) is 20.1. The Balaban J connectivity index is 1.38. The number of carbonyl (C=O) groups excluding carboxylic acids is 2. The van der Waals surface area contributed by atoms with Crippen molar-refractivity contribution in [3.05, 3.63) is 90.2 Å². The molecule has 0 aliphatic heterocycles. The normalized spacial score (nSPS) is 10.2. The molecular formula is C23H20FNO4. The molecule has 1 amide bonds. The van der Waals surface area contributed by atoms with Crippen LogP contribution in [0.25, 0.3) is 11.1 Å². The van der Waals surface area contributed by atoms with Crippen molar-refractivity contribution in [2.75, 3.05) is 13.2 Å². The minimum Gasteiger partial charge on any atom is -0.482 e. The first-order chi connectivity index (χ1) is 14.1. The van der Waals surface area contributed by atoms with Crippen molar-refractivity contribution in [1.29, 1.82) is 0 Å². The van der Waals surface area contributed by atoms with Crippen LogP contribution in [0.2, 0.25) is 0 Å². The van der Waals surface area contributed by atoms with Crippen LogP contribution in [0.5, 0.6) is 5.75 Å². The molecule has 0 unspecified atom stereocenters. The molecule has 6 heteroatoms. The molecule has 1 N–H and O–H groups in total. The third kappa shape index (κ3) is 6.17. The van der Waals surface area contributed by atoms with Crippen molar-refractivity contribution in [1.82, 2.24) is 5.32 Å². The standard InChI is InChI=1S/C23H20FNO4/c24-21-9-5-4-8-19(21)14-25-22(26)15-29-23(27)16-28-20-12-10-18(11-13-20)17-6-2-1-3-7-17/h1-13H,14-16H2,(H,25,26). The summed E-state index contributed by atoms with van der Waals surface area (Å²) in [7, 11) is 0. The summed E-state index contributed by atoms with van der Waals surface area (Å²) >= 11 is 0. The molecule has 0 radical (unpaired) electrons. The van der Waals surface area contributed by atoms with E-state index < -0.39 is 24.3 Å². The second-order valence-electron chi connectivity index (χ2n) is 6.21. The van der Waals surface area contributed by atoms with Gasteiger partial charge in [-0.1, -0.05) is 60.7 Å². The predicted molar refractivity (Wildman–Crippen MR) is 107 cm³/mol. The van der Waals surface area contributed by atoms with E-state index in [0.29, 0.717) is 11.3 Å². The van der Waals surface area contributed by atoms with Crippen LogP contribution in [0.4, 0.5) is 4.39 Å². The molecule has 0 heterocycles. The van der Waals surface area contributed by atoms with Gasteiger partial charge in [0.15, 0.2) is 13.2 Å². The lowest BCUT2D eigenvalue weighted by molar-refractivity contribution is -0.150. The molecule has 3 aromatic carbocycles. The maximum atomic E-state index is 13.5. The van der Waals surface area contributed by atoms with Crippen molar-refractivity contribution < 1.29 is 23.5 Å². The van der Waals surface area contributed by atoms with E-state index in [2.05, 4.69) is 5.32 Å². The average molecular weight is 393 g/mol. The van der Waals surface area contributed by atoms with Gasteiger partial charge < -0.3 is 14.8 Å². The Bertz CT molecular complexity index is 958. The zero-order chi connectivity index (χ0) is 20.5. The van der Waals surface area contributed by atoms with Crippen LogP contribution >= 0.6 is 0 Å². The highest BCUT2D eigenvalue weighted by Crippen LogP contribution is 2.22. The fraction of sp³-hybridized carbons (Fsp3) is 0.130. The maximum absolute atomic E-state index is 13.5. The predicted octanol–water partition coefficient (Wildman–Crippen LogP) is 3.73. The molecule has 0 bridgehead atoms. The zero-order valence-corrected chi connectivity index (χ0v) is 15.6. The summed E-state index contributed by atoms with van der Waals surface area (Å²) in [5.41, 5.74) is 2.47. The van der Waals surface area contributed by atoms with E-state index in [1.54, 1.807) is 30.3 Å². The number of amides is 1. The Kier molecular flexibility index (Phi) is 6.95. The minimum absolute atomic E-state index is 0.0212. The molecular weight excluding hydrogens is 373 g/mol. The van der Waals surface area contributed by atoms with Crippen LogP contribution in [-0.4, -0.2) is 25.1 Å². The maximum Gasteiger partial charge on any atom is 0.344 e. The fourth-order valence-electron chi connectivity index (χ4n) is 2.59. The Morgan fingerprint density at radius 1 is 0.793 bits per heavy atom. The molecule has 0 aliphatic rings. The second-order valence-corrected chi connectivity index (χ2v) is 6.21. The number of ether oxygens (including phenoxy) is 2. The molecule has 0 spiro atoms. The van der Waals surface area contributed by atoms with E-state index in [1.165, 1.54) is 6.07 Å². The molecule has 3 aromatic rings. The number of hydrogen-bond acceptors (Lipinski definition) is 4. The summed E-state index contributed by atoms with van der Waals surface area (Å²) in [5.74, 6) is -1.07. The molecule has 29 heavy (non-hydrogen) atoms. The molecule has 3 rings (SSSR count). The van der Waals surface area contributed by atoms with Gasteiger partial charge in [0.25, 0.3) is 5.91 Å². The SMILES string of the molecule is O=C(COC(=O)COc1ccc(-c2ccccc2)cc1)NCc1ccccc1F. The number of rotatable bonds is 8. The first-order valence-corrected chi connectivity index (χ1v) is 9.06. The van der Waals surface area contributed by atoms with Crippen LogP contribution in [-0.2, 0) is 20.9 Å². The highest BCUT2D eigenvalue weighted by molar-refractivity contribution is 5.80. The second kappa shape index (κ2) is 10.0. The molecule has 0 aliphatic carbocycles. The molecule has 5 nitrogen and oxygen atoms in total. The van der Waals surface area contributed by atoms with Crippen LogP contribution in [0.1, 0.15) is 5.56 Å². The third-order valence-electron chi connectivity index (χ3n) is 4.12. The molecule has 0 aromatic heterocycles. The number of benzene rings is 3. The van der Waals surface area contributed by atoms with Crippen LogP contribution in [0.15, 0.2) is 78.9 Å². The molecule has 0 atom stereocenters. The molecule has 0 saturated carbocycles. The Morgan fingerprint density at radius 2 is 1.45 bits per heavy atom. The van der Waals surface area contributed by atoms with Gasteiger partial charge in [0.2, 0.25) is 0 Å². The lowest BCUT2D eigenvalue weighted by atomic mass is 10.1. The summed E-state index contributed by atoms with van der Waals surface area (Å²) in [6, 6.07) is 23.3. The monoisotopic (exact) mass is 393 g/mol. The Labute approximate surface area is 168 Å². The van der Waals surface area contributed by atoms with Crippen LogP contribution < -0.4 is 10.1 Å². The van der Waals surface area contributed by atoms with E-state index in [4.69, 9.17) is 9.47 Å². The first-order valence-electron chi connectivity index (χ1n) is 9.06. The summed E-state index contributed by atoms with van der Waals surface area (Å²) in [5, 5.41) is 2.49. The smallest absolute Gasteiger partial charge is 0.344 e. The molecule has 0 saturated heterocycles. The van der Waals surface area contributed by atoms with E-state index in [0.717, 1.165) is 11.1 Å². The lowest BCUT2D eigenvalue weighted by Gasteiger charge is -2.09. The zero-order valence-electron chi connectivity index (χ0n) is 15.6. The average Bonchev–Trinajstić information content (AvgIpc) is 2.76. The topological polar surface area (TPSA) is 64.6 Å². The van der Waals surface area contributed by atoms with Gasteiger partial charge in [0, 0.05) is 12.1 Å². The summed E-state index contributed by atoms with van der Waals surface area (Å²) in [6.45, 7) is -0.748. The summed E-state index contributed by atoms with van der Waals surface area (Å²) in [4.78, 5) is 23.5. The Hall–Kier alpha value is -3.67. The van der Waals surface area contributed by atoms with E-state index >= 15 is 0 Å². The van der Waals surface area contributed by atoms with Crippen molar-refractivity contribution in [2.24, 2.45) is 0 Å². The van der Waals surface area contributed by atoms with Gasteiger partial charge in [-0.2, -0.15) is 0 Å². The number of halogens is 1. The third-order valence-corrected chi connectivity index (χ3v) is 4.12. The van der Waals surface area contributed by atoms with Crippen molar-refractivity contribution in [3.8, 4) is 16.9 Å².